The Hall–Kier alpha value is -0.800. The van der Waals surface area contributed by atoms with Crippen LogP contribution in [0.5, 0.6) is 0 Å². The standard InChI is InChI=1S/C8H14F3N3/c1-14(2)4-3-13-6-7(5-12)8(9,10)11/h7,13H,3-4,6H2,1-2H3. The largest absolute Gasteiger partial charge is 0.405 e. The predicted molar refractivity (Wildman–Crippen MR) is 46.6 cm³/mol. The highest BCUT2D eigenvalue weighted by Gasteiger charge is 2.39. The number of rotatable bonds is 5. The molecule has 0 aromatic rings. The number of alkyl halides is 3. The van der Waals surface area contributed by atoms with Gasteiger partial charge in [-0.3, -0.25) is 0 Å². The molecule has 6 heteroatoms. The summed E-state index contributed by atoms with van der Waals surface area (Å²) in [5.41, 5.74) is 0. The zero-order valence-corrected chi connectivity index (χ0v) is 8.23. The van der Waals surface area contributed by atoms with Gasteiger partial charge in [-0.15, -0.1) is 0 Å². The van der Waals surface area contributed by atoms with Gasteiger partial charge in [-0.05, 0) is 14.1 Å². The van der Waals surface area contributed by atoms with Gasteiger partial charge in [0.05, 0.1) is 6.07 Å². The summed E-state index contributed by atoms with van der Waals surface area (Å²) in [7, 11) is 3.65. The number of halogens is 3. The van der Waals surface area contributed by atoms with Gasteiger partial charge in [0.25, 0.3) is 0 Å². The minimum absolute atomic E-state index is 0.339. The fourth-order valence-electron chi connectivity index (χ4n) is 0.784. The predicted octanol–water partition coefficient (Wildman–Crippen LogP) is 0.840. The molecule has 0 aliphatic heterocycles. The van der Waals surface area contributed by atoms with E-state index in [0.29, 0.717) is 13.1 Å². The normalized spacial score (nSPS) is 14.1. The molecular formula is C8H14F3N3. The molecule has 1 atom stereocenters. The number of nitrogens with one attached hydrogen (secondary N) is 1. The van der Waals surface area contributed by atoms with Crippen molar-refractivity contribution in [3.05, 3.63) is 0 Å². The number of hydrogen-bond donors (Lipinski definition) is 1. The molecule has 0 saturated carbocycles. The molecule has 0 bridgehead atoms. The molecule has 0 fully saturated rings. The Bertz CT molecular complexity index is 195. The molecule has 82 valence electrons. The minimum Gasteiger partial charge on any atom is -0.314 e. The number of nitrogens with zero attached hydrogens (tertiary/aromatic N) is 2. The fraction of sp³-hybridized carbons (Fsp3) is 0.875. The molecule has 14 heavy (non-hydrogen) atoms. The molecule has 1 unspecified atom stereocenters. The molecule has 0 saturated heterocycles. The van der Waals surface area contributed by atoms with E-state index < -0.39 is 12.1 Å². The van der Waals surface area contributed by atoms with Crippen molar-refractivity contribution in [2.45, 2.75) is 6.18 Å². The molecule has 0 amide bonds. The lowest BCUT2D eigenvalue weighted by atomic mass is 10.1. The van der Waals surface area contributed by atoms with Crippen LogP contribution in [0, 0.1) is 17.2 Å². The topological polar surface area (TPSA) is 39.1 Å². The Balaban J connectivity index is 3.72. The molecule has 0 aromatic heterocycles. The lowest BCUT2D eigenvalue weighted by Gasteiger charge is -2.15. The van der Waals surface area contributed by atoms with Crippen LogP contribution < -0.4 is 5.32 Å². The van der Waals surface area contributed by atoms with E-state index in [1.54, 1.807) is 0 Å². The Kier molecular flexibility index (Phi) is 5.50. The average Bonchev–Trinajstić information content (AvgIpc) is 2.01. The van der Waals surface area contributed by atoms with Gasteiger partial charge in [0.15, 0.2) is 5.92 Å². The van der Waals surface area contributed by atoms with Crippen LogP contribution in [0.1, 0.15) is 0 Å². The first-order valence-electron chi connectivity index (χ1n) is 4.19. The summed E-state index contributed by atoms with van der Waals surface area (Å²) in [5.74, 6) is -1.91. The molecule has 0 aliphatic carbocycles. The van der Waals surface area contributed by atoms with E-state index in [-0.39, 0.29) is 6.54 Å². The first kappa shape index (κ1) is 13.2. The van der Waals surface area contributed by atoms with Crippen molar-refractivity contribution in [3.63, 3.8) is 0 Å². The molecular weight excluding hydrogens is 195 g/mol. The second-order valence-electron chi connectivity index (χ2n) is 3.23. The van der Waals surface area contributed by atoms with E-state index in [0.717, 1.165) is 0 Å². The van der Waals surface area contributed by atoms with Crippen LogP contribution in [0.4, 0.5) is 13.2 Å². The third-order valence-electron chi connectivity index (χ3n) is 1.64. The van der Waals surface area contributed by atoms with Crippen LogP contribution in [0.2, 0.25) is 0 Å². The van der Waals surface area contributed by atoms with Gasteiger partial charge in [0.2, 0.25) is 0 Å². The smallest absolute Gasteiger partial charge is 0.314 e. The summed E-state index contributed by atoms with van der Waals surface area (Å²) >= 11 is 0. The molecule has 0 aliphatic rings. The third-order valence-corrected chi connectivity index (χ3v) is 1.64. The lowest BCUT2D eigenvalue weighted by molar-refractivity contribution is -0.157. The quantitative estimate of drug-likeness (QED) is 0.682. The first-order valence-corrected chi connectivity index (χ1v) is 4.19. The summed E-state index contributed by atoms with van der Waals surface area (Å²) in [6, 6.07) is 1.23. The van der Waals surface area contributed by atoms with Gasteiger partial charge in [-0.1, -0.05) is 0 Å². The Morgan fingerprint density at radius 1 is 1.43 bits per heavy atom. The molecule has 0 aromatic carbocycles. The van der Waals surface area contributed by atoms with Crippen molar-refractivity contribution in [2.75, 3.05) is 33.7 Å². The van der Waals surface area contributed by atoms with Crippen molar-refractivity contribution < 1.29 is 13.2 Å². The molecule has 0 spiro atoms. The second-order valence-corrected chi connectivity index (χ2v) is 3.23. The van der Waals surface area contributed by atoms with E-state index in [9.17, 15) is 13.2 Å². The first-order chi connectivity index (χ1) is 6.38. The summed E-state index contributed by atoms with van der Waals surface area (Å²) in [6.45, 7) is 0.755. The van der Waals surface area contributed by atoms with Gasteiger partial charge in [0.1, 0.15) is 0 Å². The van der Waals surface area contributed by atoms with Crippen molar-refractivity contribution in [3.8, 4) is 6.07 Å². The van der Waals surface area contributed by atoms with Crippen LogP contribution in [-0.4, -0.2) is 44.8 Å². The van der Waals surface area contributed by atoms with Crippen molar-refractivity contribution >= 4 is 0 Å². The highest BCUT2D eigenvalue weighted by molar-refractivity contribution is 4.89. The maximum atomic E-state index is 12.0. The minimum atomic E-state index is -4.43. The number of hydrogen-bond acceptors (Lipinski definition) is 3. The molecule has 0 radical (unpaired) electrons. The number of likely N-dealkylation sites (N-methyl/N-ethyl adjacent to an activating group) is 1. The van der Waals surface area contributed by atoms with Gasteiger partial charge in [0, 0.05) is 19.6 Å². The fourth-order valence-corrected chi connectivity index (χ4v) is 0.784. The van der Waals surface area contributed by atoms with Gasteiger partial charge >= 0.3 is 6.18 Å². The Morgan fingerprint density at radius 2 is 2.00 bits per heavy atom. The summed E-state index contributed by atoms with van der Waals surface area (Å²) in [5, 5.41) is 10.8. The van der Waals surface area contributed by atoms with E-state index in [2.05, 4.69) is 5.32 Å². The van der Waals surface area contributed by atoms with Crippen LogP contribution in [0.3, 0.4) is 0 Å². The number of nitriles is 1. The molecule has 0 heterocycles. The van der Waals surface area contributed by atoms with E-state index in [1.807, 2.05) is 19.0 Å². The van der Waals surface area contributed by atoms with Crippen molar-refractivity contribution in [1.29, 1.82) is 5.26 Å². The van der Waals surface area contributed by atoms with Gasteiger partial charge in [-0.2, -0.15) is 18.4 Å². The lowest BCUT2D eigenvalue weighted by Crippen LogP contribution is -2.35. The highest BCUT2D eigenvalue weighted by Crippen LogP contribution is 2.24. The third kappa shape index (κ3) is 5.78. The maximum absolute atomic E-state index is 12.0. The molecule has 1 N–H and O–H groups in total. The Labute approximate surface area is 81.5 Å². The van der Waals surface area contributed by atoms with Crippen LogP contribution in [-0.2, 0) is 0 Å². The van der Waals surface area contributed by atoms with Crippen LogP contribution in [0.15, 0.2) is 0 Å². The van der Waals surface area contributed by atoms with Crippen LogP contribution >= 0.6 is 0 Å². The molecule has 3 nitrogen and oxygen atoms in total. The summed E-state index contributed by atoms with van der Waals surface area (Å²) in [6.07, 6.45) is -4.43. The van der Waals surface area contributed by atoms with E-state index >= 15 is 0 Å². The second kappa shape index (κ2) is 5.83. The van der Waals surface area contributed by atoms with Crippen molar-refractivity contribution in [1.82, 2.24) is 10.2 Å². The zero-order chi connectivity index (χ0) is 11.2. The van der Waals surface area contributed by atoms with E-state index in [1.165, 1.54) is 6.07 Å². The van der Waals surface area contributed by atoms with Gasteiger partial charge < -0.3 is 10.2 Å². The summed E-state index contributed by atoms with van der Waals surface area (Å²) < 4.78 is 36.1. The summed E-state index contributed by atoms with van der Waals surface area (Å²) in [4.78, 5) is 1.85. The monoisotopic (exact) mass is 209 g/mol. The van der Waals surface area contributed by atoms with Crippen molar-refractivity contribution in [2.24, 2.45) is 5.92 Å². The SMILES string of the molecule is CN(C)CCNCC(C#N)C(F)(F)F. The zero-order valence-electron chi connectivity index (χ0n) is 8.23. The van der Waals surface area contributed by atoms with Crippen LogP contribution in [0.25, 0.3) is 0 Å². The van der Waals surface area contributed by atoms with Gasteiger partial charge in [-0.25, -0.2) is 0 Å². The Morgan fingerprint density at radius 3 is 2.36 bits per heavy atom. The van der Waals surface area contributed by atoms with E-state index in [4.69, 9.17) is 5.26 Å². The average molecular weight is 209 g/mol. The highest BCUT2D eigenvalue weighted by atomic mass is 19.4. The molecule has 0 rings (SSSR count). The maximum Gasteiger partial charge on any atom is 0.405 e.